The number of ether oxygens (including phenoxy) is 1. The standard InChI is InChI=1S/C23H31BFNO5/c1-21(2)22(3,4)31-24(30-21)11-10-16-12-23(16)14-26(13-18(23)20(28)29-5)19(27)15-6-8-17(25)9-7-15/h6-9,16,18H,10-14H2,1-5H3/t16-,18+,23+/m1/s1. The van der Waals surface area contributed by atoms with Crippen LogP contribution in [-0.4, -0.2) is 55.3 Å². The molecule has 0 bridgehead atoms. The Labute approximate surface area is 183 Å². The number of methoxy groups -OCH3 is 1. The van der Waals surface area contributed by atoms with Crippen LogP contribution in [0.1, 0.15) is 50.9 Å². The highest BCUT2D eigenvalue weighted by Gasteiger charge is 2.66. The maximum atomic E-state index is 13.2. The van der Waals surface area contributed by atoms with E-state index >= 15 is 0 Å². The minimum absolute atomic E-state index is 0.178. The van der Waals surface area contributed by atoms with E-state index in [-0.39, 0.29) is 47.3 Å². The Hall–Kier alpha value is -1.93. The van der Waals surface area contributed by atoms with Crippen molar-refractivity contribution in [1.29, 1.82) is 0 Å². The van der Waals surface area contributed by atoms with Gasteiger partial charge < -0.3 is 18.9 Å². The molecule has 0 unspecified atom stereocenters. The predicted octanol–water partition coefficient (Wildman–Crippen LogP) is 3.56. The van der Waals surface area contributed by atoms with Crippen LogP contribution in [0, 0.1) is 23.1 Å². The number of halogens is 1. The third kappa shape index (κ3) is 3.89. The lowest BCUT2D eigenvalue weighted by atomic mass is 9.79. The normalized spacial score (nSPS) is 30.6. The number of likely N-dealkylation sites (tertiary alicyclic amines) is 1. The Kier molecular flexibility index (Phi) is 5.45. The van der Waals surface area contributed by atoms with Gasteiger partial charge in [0, 0.05) is 24.1 Å². The van der Waals surface area contributed by atoms with Crippen LogP contribution in [-0.2, 0) is 18.8 Å². The Bertz CT molecular complexity index is 857. The fourth-order valence-corrected chi connectivity index (χ4v) is 5.14. The topological polar surface area (TPSA) is 65.1 Å². The maximum absolute atomic E-state index is 13.2. The molecule has 2 heterocycles. The lowest BCUT2D eigenvalue weighted by Crippen LogP contribution is -2.41. The largest absolute Gasteiger partial charge is 0.469 e. The molecule has 6 nitrogen and oxygen atoms in total. The van der Waals surface area contributed by atoms with Gasteiger partial charge >= 0.3 is 13.1 Å². The molecule has 0 N–H and O–H groups in total. The van der Waals surface area contributed by atoms with Gasteiger partial charge in [0.2, 0.25) is 0 Å². The van der Waals surface area contributed by atoms with Crippen molar-refractivity contribution in [1.82, 2.24) is 4.90 Å². The smallest absolute Gasteiger partial charge is 0.457 e. The molecule has 1 aliphatic carbocycles. The van der Waals surface area contributed by atoms with Gasteiger partial charge in [-0.15, -0.1) is 0 Å². The molecule has 2 aliphatic heterocycles. The lowest BCUT2D eigenvalue weighted by Gasteiger charge is -2.32. The van der Waals surface area contributed by atoms with Crippen LogP contribution < -0.4 is 0 Å². The number of hydrogen-bond donors (Lipinski definition) is 0. The molecule has 1 spiro atoms. The third-order valence-electron chi connectivity index (χ3n) is 7.78. The minimum atomic E-state index is -0.383. The van der Waals surface area contributed by atoms with E-state index in [1.807, 2.05) is 27.7 Å². The number of hydrogen-bond acceptors (Lipinski definition) is 5. The van der Waals surface area contributed by atoms with E-state index in [0.717, 1.165) is 19.2 Å². The number of rotatable bonds is 5. The average Bonchev–Trinajstić information content (AvgIpc) is 3.17. The second kappa shape index (κ2) is 7.59. The molecule has 4 rings (SSSR count). The summed E-state index contributed by atoms with van der Waals surface area (Å²) >= 11 is 0. The van der Waals surface area contributed by atoms with E-state index in [0.29, 0.717) is 24.6 Å². The number of nitrogens with zero attached hydrogens (tertiary/aromatic N) is 1. The number of benzene rings is 1. The molecule has 0 aromatic heterocycles. The van der Waals surface area contributed by atoms with Gasteiger partial charge in [-0.05, 0) is 70.6 Å². The minimum Gasteiger partial charge on any atom is -0.469 e. The SMILES string of the molecule is COC(=O)[C@@H]1CN(C(=O)c2ccc(F)cc2)C[C@]12C[C@H]2CCB1OC(C)(C)C(C)(C)O1. The molecule has 3 fully saturated rings. The summed E-state index contributed by atoms with van der Waals surface area (Å²) in [5, 5.41) is 0. The molecule has 1 aromatic rings. The Morgan fingerprint density at radius 2 is 1.77 bits per heavy atom. The molecule has 3 atom stereocenters. The van der Waals surface area contributed by atoms with Gasteiger partial charge in [-0.25, -0.2) is 4.39 Å². The Morgan fingerprint density at radius 3 is 2.35 bits per heavy atom. The molecule has 168 valence electrons. The van der Waals surface area contributed by atoms with Crippen molar-refractivity contribution in [2.75, 3.05) is 20.2 Å². The van der Waals surface area contributed by atoms with E-state index < -0.39 is 0 Å². The van der Waals surface area contributed by atoms with Gasteiger partial charge in [0.1, 0.15) is 5.82 Å². The summed E-state index contributed by atoms with van der Waals surface area (Å²) in [6.07, 6.45) is 2.49. The summed E-state index contributed by atoms with van der Waals surface area (Å²) in [5.74, 6) is -0.867. The number of carbonyl (C=O) groups is 2. The zero-order valence-corrected chi connectivity index (χ0v) is 18.9. The van der Waals surface area contributed by atoms with Gasteiger partial charge in [0.25, 0.3) is 5.91 Å². The van der Waals surface area contributed by atoms with E-state index in [1.54, 1.807) is 4.90 Å². The van der Waals surface area contributed by atoms with Crippen LogP contribution in [0.2, 0.25) is 6.32 Å². The number of carbonyl (C=O) groups excluding carboxylic acids is 2. The van der Waals surface area contributed by atoms with E-state index in [9.17, 15) is 14.0 Å². The molecule has 1 aromatic carbocycles. The highest BCUT2D eigenvalue weighted by molar-refractivity contribution is 6.45. The summed E-state index contributed by atoms with van der Waals surface area (Å²) < 4.78 is 30.5. The van der Waals surface area contributed by atoms with Crippen LogP contribution in [0.15, 0.2) is 24.3 Å². The summed E-state index contributed by atoms with van der Waals surface area (Å²) in [5.41, 5.74) is -0.554. The van der Waals surface area contributed by atoms with E-state index in [4.69, 9.17) is 14.0 Å². The summed E-state index contributed by atoms with van der Waals surface area (Å²) in [4.78, 5) is 27.2. The van der Waals surface area contributed by atoms with Gasteiger partial charge in [-0.3, -0.25) is 9.59 Å². The van der Waals surface area contributed by atoms with Gasteiger partial charge in [0.15, 0.2) is 0 Å². The zero-order valence-electron chi connectivity index (χ0n) is 18.9. The fourth-order valence-electron chi connectivity index (χ4n) is 5.14. The van der Waals surface area contributed by atoms with Gasteiger partial charge in [-0.2, -0.15) is 0 Å². The fraction of sp³-hybridized carbons (Fsp3) is 0.652. The van der Waals surface area contributed by atoms with Crippen molar-refractivity contribution in [3.05, 3.63) is 35.6 Å². The second-order valence-corrected chi connectivity index (χ2v) is 10.2. The van der Waals surface area contributed by atoms with E-state index in [2.05, 4.69) is 0 Å². The summed E-state index contributed by atoms with van der Waals surface area (Å²) in [6.45, 7) is 8.99. The Balaban J connectivity index is 1.43. The van der Waals surface area contributed by atoms with Gasteiger partial charge in [0.05, 0.1) is 24.2 Å². The third-order valence-corrected chi connectivity index (χ3v) is 7.78. The van der Waals surface area contributed by atoms with Crippen molar-refractivity contribution in [2.24, 2.45) is 17.3 Å². The highest BCUT2D eigenvalue weighted by Crippen LogP contribution is 2.63. The lowest BCUT2D eigenvalue weighted by molar-refractivity contribution is -0.146. The predicted molar refractivity (Wildman–Crippen MR) is 114 cm³/mol. The highest BCUT2D eigenvalue weighted by atomic mass is 19.1. The van der Waals surface area contributed by atoms with Crippen molar-refractivity contribution in [3.63, 3.8) is 0 Å². The average molecular weight is 431 g/mol. The summed E-state index contributed by atoms with van der Waals surface area (Å²) in [7, 11) is 1.12. The van der Waals surface area contributed by atoms with Gasteiger partial charge in [-0.1, -0.05) is 6.42 Å². The van der Waals surface area contributed by atoms with Crippen LogP contribution in [0.3, 0.4) is 0 Å². The Morgan fingerprint density at radius 1 is 1.16 bits per heavy atom. The molecule has 8 heteroatoms. The molecule has 31 heavy (non-hydrogen) atoms. The molecule has 1 amide bonds. The first kappa shape index (κ1) is 22.3. The maximum Gasteiger partial charge on any atom is 0.457 e. The van der Waals surface area contributed by atoms with Crippen LogP contribution >= 0.6 is 0 Å². The summed E-state index contributed by atoms with van der Waals surface area (Å²) in [6, 6.07) is 5.53. The zero-order chi connectivity index (χ0) is 22.6. The van der Waals surface area contributed by atoms with Crippen molar-refractivity contribution in [3.8, 4) is 0 Å². The van der Waals surface area contributed by atoms with Crippen LogP contribution in [0.4, 0.5) is 4.39 Å². The quantitative estimate of drug-likeness (QED) is 0.527. The molecule has 3 aliphatic rings. The van der Waals surface area contributed by atoms with Crippen molar-refractivity contribution < 1.29 is 28.0 Å². The van der Waals surface area contributed by atoms with E-state index in [1.165, 1.54) is 31.4 Å². The molecule has 1 saturated carbocycles. The molecule has 2 saturated heterocycles. The first-order valence-electron chi connectivity index (χ1n) is 11.0. The number of esters is 1. The second-order valence-electron chi connectivity index (χ2n) is 10.2. The first-order valence-corrected chi connectivity index (χ1v) is 11.0. The van der Waals surface area contributed by atoms with Crippen molar-refractivity contribution >= 4 is 19.0 Å². The number of amides is 1. The van der Waals surface area contributed by atoms with Crippen LogP contribution in [0.25, 0.3) is 0 Å². The van der Waals surface area contributed by atoms with Crippen molar-refractivity contribution in [2.45, 2.75) is 58.1 Å². The monoisotopic (exact) mass is 431 g/mol. The first-order chi connectivity index (χ1) is 14.5. The molecule has 0 radical (unpaired) electrons. The molecular weight excluding hydrogens is 400 g/mol. The molecular formula is C23H31BFNO5. The van der Waals surface area contributed by atoms with Crippen LogP contribution in [0.5, 0.6) is 0 Å².